The van der Waals surface area contributed by atoms with E-state index >= 15 is 0 Å². The van der Waals surface area contributed by atoms with Crippen LogP contribution in [0.15, 0.2) is 30.5 Å². The Morgan fingerprint density at radius 3 is 2.80 bits per heavy atom. The zero-order chi connectivity index (χ0) is 18.0. The third kappa shape index (κ3) is 2.03. The Kier molecular flexibility index (Phi) is 3.33. The van der Waals surface area contributed by atoms with Crippen LogP contribution in [-0.4, -0.2) is 15.7 Å². The highest BCUT2D eigenvalue weighted by atomic mass is 19.3. The molecule has 0 amide bonds. The van der Waals surface area contributed by atoms with Gasteiger partial charge in [0.25, 0.3) is 6.43 Å². The van der Waals surface area contributed by atoms with Crippen molar-refractivity contribution in [1.29, 1.82) is 0 Å². The maximum Gasteiger partial charge on any atom is 0.342 e. The van der Waals surface area contributed by atoms with Crippen molar-refractivity contribution in [3.63, 3.8) is 0 Å². The molecule has 0 radical (unpaired) electrons. The van der Waals surface area contributed by atoms with Gasteiger partial charge in [-0.25, -0.2) is 13.6 Å². The minimum atomic E-state index is -2.82. The molecule has 0 saturated heterocycles. The van der Waals surface area contributed by atoms with Gasteiger partial charge in [-0.2, -0.15) is 5.10 Å². The lowest BCUT2D eigenvalue weighted by molar-refractivity contribution is -0.0685. The predicted molar refractivity (Wildman–Crippen MR) is 87.5 cm³/mol. The van der Waals surface area contributed by atoms with Crippen LogP contribution in [0.3, 0.4) is 0 Å². The van der Waals surface area contributed by atoms with Gasteiger partial charge in [0.15, 0.2) is 0 Å². The number of carbonyl (C=O) groups excluding carboxylic acids is 1. The van der Waals surface area contributed by atoms with Crippen molar-refractivity contribution in [1.82, 2.24) is 9.78 Å². The fourth-order valence-corrected chi connectivity index (χ4v) is 4.78. The first-order chi connectivity index (χ1) is 11.8. The third-order valence-corrected chi connectivity index (χ3v) is 6.02. The molecule has 132 valence electrons. The van der Waals surface area contributed by atoms with Crippen LogP contribution in [0.4, 0.5) is 8.78 Å². The van der Waals surface area contributed by atoms with E-state index in [-0.39, 0.29) is 11.0 Å². The molecule has 2 bridgehead atoms. The van der Waals surface area contributed by atoms with E-state index in [1.54, 1.807) is 0 Å². The molecule has 2 aromatic rings. The first kappa shape index (κ1) is 16.2. The lowest BCUT2D eigenvalue weighted by atomic mass is 9.76. The first-order valence-corrected chi connectivity index (χ1v) is 8.42. The molecule has 0 spiro atoms. The largest absolute Gasteiger partial charge is 0.450 e. The second kappa shape index (κ2) is 5.13. The number of hydrogen-bond acceptors (Lipinski definition) is 3. The number of aromatic nitrogens is 2. The molecule has 1 fully saturated rings. The Balaban J connectivity index is 1.77. The molecule has 1 saturated carbocycles. The summed E-state index contributed by atoms with van der Waals surface area (Å²) in [7, 11) is 1.52. The van der Waals surface area contributed by atoms with Crippen LogP contribution in [0.1, 0.15) is 66.2 Å². The van der Waals surface area contributed by atoms with Gasteiger partial charge in [0.05, 0.1) is 0 Å². The van der Waals surface area contributed by atoms with Gasteiger partial charge >= 0.3 is 5.97 Å². The minimum Gasteiger partial charge on any atom is -0.450 e. The van der Waals surface area contributed by atoms with Crippen LogP contribution in [0, 0.1) is 5.41 Å². The molecular formula is C19H20F2N2O2. The zero-order valence-electron chi connectivity index (χ0n) is 14.4. The van der Waals surface area contributed by atoms with Crippen molar-refractivity contribution in [3.05, 3.63) is 52.8 Å². The number of hydrogen-bond donors (Lipinski definition) is 0. The minimum absolute atomic E-state index is 0.157. The maximum absolute atomic E-state index is 13.2. The van der Waals surface area contributed by atoms with E-state index in [2.05, 4.69) is 25.0 Å². The van der Waals surface area contributed by atoms with Crippen molar-refractivity contribution in [3.8, 4) is 0 Å². The van der Waals surface area contributed by atoms with Gasteiger partial charge in [-0.1, -0.05) is 38.1 Å². The fraction of sp³-hybridized carbons (Fsp3) is 0.474. The molecule has 1 aromatic carbocycles. The molecule has 4 rings (SSSR count). The fourth-order valence-electron chi connectivity index (χ4n) is 4.78. The number of ether oxygens (including phenoxy) is 1. The van der Waals surface area contributed by atoms with E-state index in [1.165, 1.54) is 23.5 Å². The van der Waals surface area contributed by atoms with E-state index < -0.39 is 23.7 Å². The summed E-state index contributed by atoms with van der Waals surface area (Å²) < 4.78 is 33.6. The Morgan fingerprint density at radius 2 is 2.08 bits per heavy atom. The molecule has 0 aliphatic heterocycles. The summed E-state index contributed by atoms with van der Waals surface area (Å²) in [6.07, 6.45) is 0.117. The molecule has 2 atom stereocenters. The highest BCUT2D eigenvalue weighted by Gasteiger charge is 2.64. The summed E-state index contributed by atoms with van der Waals surface area (Å²) >= 11 is 0. The smallest absolute Gasteiger partial charge is 0.342 e. The standard InChI is InChI=1S/C19H20F2N2O2/c1-18(2)13-8-9-19(18,14-7-5-4-6-11(13)14)25-17(24)12-10-23(3)22-15(12)16(20)21/h4-7,10,13,16H,8-9H2,1-3H3. The normalized spacial score (nSPS) is 26.1. The van der Waals surface area contributed by atoms with E-state index in [1.807, 2.05) is 18.2 Å². The lowest BCUT2D eigenvalue weighted by Gasteiger charge is -2.38. The Labute approximate surface area is 144 Å². The summed E-state index contributed by atoms with van der Waals surface area (Å²) in [4.78, 5) is 12.8. The van der Waals surface area contributed by atoms with Gasteiger partial charge in [0, 0.05) is 18.7 Å². The SMILES string of the molecule is Cn1cc(C(=O)OC23CCC(c4ccccc42)C3(C)C)c(C(F)F)n1. The van der Waals surface area contributed by atoms with Crippen LogP contribution in [-0.2, 0) is 17.4 Å². The molecule has 2 aliphatic carbocycles. The van der Waals surface area contributed by atoms with E-state index in [9.17, 15) is 13.6 Å². The van der Waals surface area contributed by atoms with Crippen LogP contribution in [0.25, 0.3) is 0 Å². The number of alkyl halides is 2. The average molecular weight is 346 g/mol. The van der Waals surface area contributed by atoms with Crippen molar-refractivity contribution < 1.29 is 18.3 Å². The monoisotopic (exact) mass is 346 g/mol. The predicted octanol–water partition coefficient (Wildman–Crippen LogP) is 4.33. The third-order valence-electron chi connectivity index (χ3n) is 6.02. The highest BCUT2D eigenvalue weighted by Crippen LogP contribution is 2.68. The van der Waals surface area contributed by atoms with E-state index in [0.29, 0.717) is 12.3 Å². The van der Waals surface area contributed by atoms with Crippen LogP contribution in [0.5, 0.6) is 0 Å². The van der Waals surface area contributed by atoms with Crippen molar-refractivity contribution >= 4 is 5.97 Å². The number of fused-ring (bicyclic) bond motifs is 5. The van der Waals surface area contributed by atoms with Gasteiger partial charge < -0.3 is 4.74 Å². The van der Waals surface area contributed by atoms with Crippen molar-refractivity contribution in [2.45, 2.75) is 44.6 Å². The molecule has 2 aliphatic rings. The number of nitrogens with zero attached hydrogens (tertiary/aromatic N) is 2. The molecule has 4 nitrogen and oxygen atoms in total. The zero-order valence-corrected chi connectivity index (χ0v) is 14.4. The molecule has 1 aromatic heterocycles. The molecule has 0 N–H and O–H groups in total. The number of benzene rings is 1. The summed E-state index contributed by atoms with van der Waals surface area (Å²) in [5.41, 5.74) is 0.470. The average Bonchev–Trinajstić information content (AvgIpc) is 3.12. The first-order valence-electron chi connectivity index (χ1n) is 8.42. The molecular weight excluding hydrogens is 326 g/mol. The number of esters is 1. The molecule has 25 heavy (non-hydrogen) atoms. The second-order valence-electron chi connectivity index (χ2n) is 7.52. The van der Waals surface area contributed by atoms with Gasteiger partial charge in [0.2, 0.25) is 0 Å². The van der Waals surface area contributed by atoms with Gasteiger partial charge in [-0.15, -0.1) is 0 Å². The van der Waals surface area contributed by atoms with Crippen LogP contribution in [0.2, 0.25) is 0 Å². The summed E-state index contributed by atoms with van der Waals surface area (Å²) in [5.74, 6) is -0.422. The molecule has 2 unspecified atom stereocenters. The summed E-state index contributed by atoms with van der Waals surface area (Å²) in [5, 5.41) is 3.71. The second-order valence-corrected chi connectivity index (χ2v) is 7.52. The van der Waals surface area contributed by atoms with E-state index in [0.717, 1.165) is 12.0 Å². The number of aryl methyl sites for hydroxylation is 1. The maximum atomic E-state index is 13.2. The molecule has 6 heteroatoms. The van der Waals surface area contributed by atoms with Gasteiger partial charge in [0.1, 0.15) is 16.9 Å². The van der Waals surface area contributed by atoms with Gasteiger partial charge in [-0.05, 0) is 29.9 Å². The number of halogens is 2. The highest BCUT2D eigenvalue weighted by molar-refractivity contribution is 5.91. The Hall–Kier alpha value is -2.24. The topological polar surface area (TPSA) is 44.1 Å². The summed E-state index contributed by atoms with van der Waals surface area (Å²) in [6, 6.07) is 7.98. The van der Waals surface area contributed by atoms with Crippen LogP contribution >= 0.6 is 0 Å². The van der Waals surface area contributed by atoms with E-state index in [4.69, 9.17) is 4.74 Å². The van der Waals surface area contributed by atoms with Crippen molar-refractivity contribution in [2.24, 2.45) is 12.5 Å². The number of carbonyl (C=O) groups is 1. The molecule has 1 heterocycles. The van der Waals surface area contributed by atoms with Crippen LogP contribution < -0.4 is 0 Å². The number of rotatable bonds is 3. The Bertz CT molecular complexity index is 859. The van der Waals surface area contributed by atoms with Crippen molar-refractivity contribution in [2.75, 3.05) is 0 Å². The lowest BCUT2D eigenvalue weighted by Crippen LogP contribution is -2.39. The van der Waals surface area contributed by atoms with Gasteiger partial charge in [-0.3, -0.25) is 4.68 Å². The quantitative estimate of drug-likeness (QED) is 0.777. The summed E-state index contributed by atoms with van der Waals surface area (Å²) in [6.45, 7) is 4.18. The Morgan fingerprint density at radius 1 is 1.36 bits per heavy atom.